The number of hydrogen-bond donors (Lipinski definition) is 2. The number of anilines is 2. The number of nitrogens with zero attached hydrogens (tertiary/aromatic N) is 2. The minimum Gasteiger partial charge on any atom is -0.390 e. The predicted molar refractivity (Wildman–Crippen MR) is 33.3 cm³/mol. The number of hydrogen-bond acceptors (Lipinski definition) is 5. The highest BCUT2D eigenvalue weighted by Gasteiger charge is 2.27. The molecule has 0 unspecified atom stereocenters. The molecule has 1 rings (SSSR count). The molecule has 0 aliphatic carbocycles. The van der Waals surface area contributed by atoms with Gasteiger partial charge in [-0.2, -0.15) is 13.2 Å². The van der Waals surface area contributed by atoms with Crippen molar-refractivity contribution in [3.8, 4) is 0 Å². The maximum atomic E-state index is 11.6. The second kappa shape index (κ2) is 2.88. The summed E-state index contributed by atoms with van der Waals surface area (Å²) in [6.07, 6.45) is -4.32. The van der Waals surface area contributed by atoms with Gasteiger partial charge >= 0.3 is 18.2 Å². The number of nitrogens with two attached hydrogens (primary N) is 1. The lowest BCUT2D eigenvalue weighted by Crippen LogP contribution is -2.21. The van der Waals surface area contributed by atoms with Crippen LogP contribution in [0.1, 0.15) is 0 Å². The summed E-state index contributed by atoms with van der Waals surface area (Å²) in [6, 6.07) is -0.621. The van der Waals surface area contributed by atoms with E-state index in [1.165, 1.54) is 0 Å². The molecule has 3 N–H and O–H groups in total. The molecule has 0 amide bonds. The van der Waals surface area contributed by atoms with Crippen molar-refractivity contribution < 1.29 is 17.6 Å². The van der Waals surface area contributed by atoms with E-state index in [0.717, 1.165) is 0 Å². The fourth-order valence-electron chi connectivity index (χ4n) is 0.482. The van der Waals surface area contributed by atoms with Gasteiger partial charge in [-0.1, -0.05) is 10.2 Å². The first-order chi connectivity index (χ1) is 5.47. The van der Waals surface area contributed by atoms with Gasteiger partial charge in [-0.15, -0.1) is 0 Å². The molecular formula is C4H5F3N4O. The largest absolute Gasteiger partial charge is 0.405 e. The van der Waals surface area contributed by atoms with Crippen molar-refractivity contribution in [2.75, 3.05) is 17.6 Å². The Hall–Kier alpha value is -1.47. The molecule has 0 aromatic carbocycles. The molecule has 8 heteroatoms. The lowest BCUT2D eigenvalue weighted by molar-refractivity contribution is -0.115. The Morgan fingerprint density at radius 2 is 2.08 bits per heavy atom. The van der Waals surface area contributed by atoms with Gasteiger partial charge in [0, 0.05) is 0 Å². The first-order valence-corrected chi connectivity index (χ1v) is 2.87. The molecule has 0 saturated heterocycles. The molecule has 1 aromatic heterocycles. The van der Waals surface area contributed by atoms with Crippen molar-refractivity contribution in [3.05, 3.63) is 0 Å². The van der Waals surface area contributed by atoms with Crippen molar-refractivity contribution >= 4 is 12.0 Å². The molecule has 0 atom stereocenters. The zero-order chi connectivity index (χ0) is 9.19. The molecule has 1 heterocycles. The van der Waals surface area contributed by atoms with Crippen LogP contribution in [0.3, 0.4) is 0 Å². The topological polar surface area (TPSA) is 77.0 Å². The van der Waals surface area contributed by atoms with Crippen LogP contribution in [0.15, 0.2) is 4.42 Å². The molecule has 0 spiro atoms. The third-order valence-electron chi connectivity index (χ3n) is 0.881. The highest BCUT2D eigenvalue weighted by Crippen LogP contribution is 2.15. The second-order valence-electron chi connectivity index (χ2n) is 1.91. The van der Waals surface area contributed by atoms with E-state index in [2.05, 4.69) is 14.6 Å². The summed E-state index contributed by atoms with van der Waals surface area (Å²) in [5, 5.41) is 8.17. The van der Waals surface area contributed by atoms with Gasteiger partial charge in [0.15, 0.2) is 0 Å². The molecule has 1 aromatic rings. The number of aromatic nitrogens is 2. The summed E-state index contributed by atoms with van der Waals surface area (Å²) in [7, 11) is 0. The third kappa shape index (κ3) is 2.64. The van der Waals surface area contributed by atoms with Gasteiger partial charge < -0.3 is 15.5 Å². The summed E-state index contributed by atoms with van der Waals surface area (Å²) in [5.74, 6) is 0. The highest BCUT2D eigenvalue weighted by atomic mass is 19.4. The standard InChI is InChI=1S/C4H5F3N4O/c5-4(6,7)1-9-3-11-10-2(8)12-3/h1H2,(H2,8,10)(H,9,11). The third-order valence-corrected chi connectivity index (χ3v) is 0.881. The first kappa shape index (κ1) is 8.62. The van der Waals surface area contributed by atoms with E-state index >= 15 is 0 Å². The molecule has 0 bridgehead atoms. The molecule has 0 saturated carbocycles. The van der Waals surface area contributed by atoms with Gasteiger partial charge in [-0.3, -0.25) is 0 Å². The number of nitrogens with one attached hydrogen (secondary N) is 1. The quantitative estimate of drug-likeness (QED) is 0.701. The maximum Gasteiger partial charge on any atom is 0.405 e. The molecule has 12 heavy (non-hydrogen) atoms. The second-order valence-corrected chi connectivity index (χ2v) is 1.91. The number of alkyl halides is 3. The maximum absolute atomic E-state index is 11.6. The molecular weight excluding hydrogens is 177 g/mol. The Morgan fingerprint density at radius 3 is 2.50 bits per heavy atom. The van der Waals surface area contributed by atoms with E-state index in [9.17, 15) is 13.2 Å². The summed E-state index contributed by atoms with van der Waals surface area (Å²) < 4.78 is 39.1. The Morgan fingerprint density at radius 1 is 1.42 bits per heavy atom. The first-order valence-electron chi connectivity index (χ1n) is 2.87. The van der Waals surface area contributed by atoms with E-state index in [4.69, 9.17) is 5.73 Å². The van der Waals surface area contributed by atoms with Crippen LogP contribution in [0.2, 0.25) is 0 Å². The monoisotopic (exact) mass is 182 g/mol. The van der Waals surface area contributed by atoms with Gasteiger partial charge in [0.05, 0.1) is 0 Å². The fourth-order valence-corrected chi connectivity index (χ4v) is 0.482. The van der Waals surface area contributed by atoms with Crippen LogP contribution < -0.4 is 11.1 Å². The van der Waals surface area contributed by atoms with Gasteiger partial charge in [0.1, 0.15) is 6.54 Å². The normalized spacial score (nSPS) is 11.6. The molecule has 5 nitrogen and oxygen atoms in total. The number of nitrogen functional groups attached to an aromatic ring is 1. The number of halogens is 3. The Labute approximate surface area is 64.7 Å². The Bertz CT molecular complexity index is 257. The molecule has 0 aliphatic rings. The summed E-state index contributed by atoms with van der Waals surface area (Å²) in [6.45, 7) is -1.23. The van der Waals surface area contributed by atoms with E-state index in [1.54, 1.807) is 0 Å². The zero-order valence-electron chi connectivity index (χ0n) is 5.72. The fraction of sp³-hybridized carbons (Fsp3) is 0.500. The summed E-state index contributed by atoms with van der Waals surface area (Å²) in [5.41, 5.74) is 4.96. The van der Waals surface area contributed by atoms with E-state index in [1.807, 2.05) is 5.32 Å². The molecule has 0 fully saturated rings. The van der Waals surface area contributed by atoms with Crippen LogP contribution in [0, 0.1) is 0 Å². The SMILES string of the molecule is Nc1nnc(NCC(F)(F)F)o1. The van der Waals surface area contributed by atoms with E-state index in [0.29, 0.717) is 0 Å². The minimum atomic E-state index is -4.32. The van der Waals surface area contributed by atoms with Crippen molar-refractivity contribution in [3.63, 3.8) is 0 Å². The van der Waals surface area contributed by atoms with Crippen LogP contribution in [0.5, 0.6) is 0 Å². The van der Waals surface area contributed by atoms with Crippen molar-refractivity contribution in [2.24, 2.45) is 0 Å². The average Bonchev–Trinajstić information content (AvgIpc) is 2.30. The lowest BCUT2D eigenvalue weighted by atomic mass is 10.6. The molecule has 68 valence electrons. The lowest BCUT2D eigenvalue weighted by Gasteiger charge is -2.04. The predicted octanol–water partition coefficient (Wildman–Crippen LogP) is 0.626. The van der Waals surface area contributed by atoms with Crippen molar-refractivity contribution in [1.29, 1.82) is 0 Å². The summed E-state index contributed by atoms with van der Waals surface area (Å²) in [4.78, 5) is 0. The minimum absolute atomic E-state index is 0.278. The average molecular weight is 182 g/mol. The van der Waals surface area contributed by atoms with E-state index < -0.39 is 12.7 Å². The van der Waals surface area contributed by atoms with Crippen molar-refractivity contribution in [2.45, 2.75) is 6.18 Å². The van der Waals surface area contributed by atoms with Gasteiger partial charge in [0.2, 0.25) is 0 Å². The smallest absolute Gasteiger partial charge is 0.390 e. The van der Waals surface area contributed by atoms with Gasteiger partial charge in [0.25, 0.3) is 0 Å². The van der Waals surface area contributed by atoms with Crippen LogP contribution >= 0.6 is 0 Å². The van der Waals surface area contributed by atoms with E-state index in [-0.39, 0.29) is 12.0 Å². The van der Waals surface area contributed by atoms with Crippen LogP contribution in [-0.4, -0.2) is 22.9 Å². The van der Waals surface area contributed by atoms with Gasteiger partial charge in [-0.25, -0.2) is 0 Å². The van der Waals surface area contributed by atoms with Gasteiger partial charge in [-0.05, 0) is 0 Å². The van der Waals surface area contributed by atoms with Crippen LogP contribution in [0.25, 0.3) is 0 Å². The Balaban J connectivity index is 2.44. The Kier molecular flexibility index (Phi) is 2.07. The zero-order valence-corrected chi connectivity index (χ0v) is 5.72. The summed E-state index contributed by atoms with van der Waals surface area (Å²) >= 11 is 0. The molecule has 0 radical (unpaired) electrons. The van der Waals surface area contributed by atoms with Crippen LogP contribution in [0.4, 0.5) is 25.2 Å². The van der Waals surface area contributed by atoms with Crippen LogP contribution in [-0.2, 0) is 0 Å². The highest BCUT2D eigenvalue weighted by molar-refractivity contribution is 5.22. The molecule has 0 aliphatic heterocycles. The number of rotatable bonds is 2. The van der Waals surface area contributed by atoms with Crippen molar-refractivity contribution in [1.82, 2.24) is 10.2 Å².